The SMILES string of the molecule is CCCCNC(=NC)NC1CCN(c2cccs2)CC1.I. The summed E-state index contributed by atoms with van der Waals surface area (Å²) in [5.74, 6) is 0.952. The van der Waals surface area contributed by atoms with Crippen molar-refractivity contribution in [3.8, 4) is 0 Å². The Hall–Kier alpha value is -0.500. The predicted molar refractivity (Wildman–Crippen MR) is 104 cm³/mol. The highest BCUT2D eigenvalue weighted by molar-refractivity contribution is 14.0. The van der Waals surface area contributed by atoms with Crippen LogP contribution in [0.1, 0.15) is 32.6 Å². The van der Waals surface area contributed by atoms with Gasteiger partial charge in [0.05, 0.1) is 5.00 Å². The van der Waals surface area contributed by atoms with Crippen LogP contribution in [0.25, 0.3) is 0 Å². The Bertz CT molecular complexity index is 400. The van der Waals surface area contributed by atoms with Gasteiger partial charge in [-0.25, -0.2) is 0 Å². The molecule has 2 N–H and O–H groups in total. The number of anilines is 1. The summed E-state index contributed by atoms with van der Waals surface area (Å²) in [5.41, 5.74) is 0. The fraction of sp³-hybridized carbons (Fsp3) is 0.667. The Balaban J connectivity index is 0.00000220. The maximum Gasteiger partial charge on any atom is 0.191 e. The van der Waals surface area contributed by atoms with Gasteiger partial charge in [-0.05, 0) is 36.8 Å². The molecule has 0 amide bonds. The molecule has 1 aromatic heterocycles. The second-order valence-corrected chi connectivity index (χ2v) is 6.14. The van der Waals surface area contributed by atoms with E-state index in [1.54, 1.807) is 0 Å². The Kier molecular flexibility index (Phi) is 9.07. The molecule has 1 saturated heterocycles. The number of aliphatic imine (C=N–C) groups is 1. The van der Waals surface area contributed by atoms with E-state index in [0.29, 0.717) is 6.04 Å². The van der Waals surface area contributed by atoms with Crippen LogP contribution in [0.2, 0.25) is 0 Å². The summed E-state index contributed by atoms with van der Waals surface area (Å²) in [6.07, 6.45) is 4.75. The number of nitrogens with zero attached hydrogens (tertiary/aromatic N) is 2. The third-order valence-corrected chi connectivity index (χ3v) is 4.63. The van der Waals surface area contributed by atoms with Gasteiger partial charge in [-0.3, -0.25) is 4.99 Å². The molecule has 0 saturated carbocycles. The predicted octanol–water partition coefficient (Wildman–Crippen LogP) is 3.30. The molecular formula is C15H27IN4S. The van der Waals surface area contributed by atoms with E-state index in [1.807, 2.05) is 18.4 Å². The van der Waals surface area contributed by atoms with Crippen LogP contribution in [0.5, 0.6) is 0 Å². The van der Waals surface area contributed by atoms with E-state index in [9.17, 15) is 0 Å². The minimum atomic E-state index is 0. The summed E-state index contributed by atoms with van der Waals surface area (Å²) < 4.78 is 0. The minimum absolute atomic E-state index is 0. The number of hydrogen-bond acceptors (Lipinski definition) is 3. The monoisotopic (exact) mass is 422 g/mol. The van der Waals surface area contributed by atoms with Gasteiger partial charge in [-0.1, -0.05) is 13.3 Å². The van der Waals surface area contributed by atoms with E-state index in [1.165, 1.54) is 30.7 Å². The number of nitrogens with one attached hydrogen (secondary N) is 2. The summed E-state index contributed by atoms with van der Waals surface area (Å²) in [5, 5.41) is 10.5. The van der Waals surface area contributed by atoms with Gasteiger partial charge < -0.3 is 15.5 Å². The van der Waals surface area contributed by atoms with Crippen LogP contribution in [0.15, 0.2) is 22.5 Å². The Morgan fingerprint density at radius 1 is 1.43 bits per heavy atom. The standard InChI is InChI=1S/C15H26N4S.HI/c1-3-4-9-17-15(16-2)18-13-7-10-19(11-8-13)14-6-5-12-20-14;/h5-6,12-13H,3-4,7-11H2,1-2H3,(H2,16,17,18);1H. The molecule has 2 heterocycles. The Morgan fingerprint density at radius 3 is 2.76 bits per heavy atom. The molecule has 1 aromatic rings. The summed E-state index contributed by atoms with van der Waals surface area (Å²) >= 11 is 1.83. The minimum Gasteiger partial charge on any atom is -0.363 e. The highest BCUT2D eigenvalue weighted by atomic mass is 127. The molecule has 120 valence electrons. The first-order chi connectivity index (χ1) is 9.83. The number of unbranched alkanes of at least 4 members (excludes halogenated alkanes) is 1. The van der Waals surface area contributed by atoms with Crippen LogP contribution in [0.3, 0.4) is 0 Å². The average Bonchev–Trinajstić information content (AvgIpc) is 3.01. The first-order valence-corrected chi connectivity index (χ1v) is 8.47. The van der Waals surface area contributed by atoms with Gasteiger partial charge >= 0.3 is 0 Å². The van der Waals surface area contributed by atoms with Gasteiger partial charge in [0.15, 0.2) is 5.96 Å². The van der Waals surface area contributed by atoms with Crippen molar-refractivity contribution in [3.63, 3.8) is 0 Å². The highest BCUT2D eigenvalue weighted by Crippen LogP contribution is 2.24. The number of guanidine groups is 1. The molecule has 0 bridgehead atoms. The lowest BCUT2D eigenvalue weighted by atomic mass is 10.1. The molecule has 0 radical (unpaired) electrons. The number of halogens is 1. The van der Waals surface area contributed by atoms with Crippen molar-refractivity contribution in [2.45, 2.75) is 38.6 Å². The molecule has 6 heteroatoms. The average molecular weight is 422 g/mol. The Labute approximate surface area is 149 Å². The van der Waals surface area contributed by atoms with E-state index in [-0.39, 0.29) is 24.0 Å². The van der Waals surface area contributed by atoms with E-state index in [4.69, 9.17) is 0 Å². The van der Waals surface area contributed by atoms with Crippen molar-refractivity contribution in [1.29, 1.82) is 0 Å². The van der Waals surface area contributed by atoms with E-state index in [0.717, 1.165) is 25.6 Å². The van der Waals surface area contributed by atoms with Crippen molar-refractivity contribution in [2.24, 2.45) is 4.99 Å². The molecule has 1 aliphatic heterocycles. The third kappa shape index (κ3) is 6.02. The van der Waals surface area contributed by atoms with Crippen LogP contribution in [-0.4, -0.2) is 38.7 Å². The molecule has 0 aliphatic carbocycles. The zero-order valence-electron chi connectivity index (χ0n) is 13.0. The van der Waals surface area contributed by atoms with Gasteiger partial charge in [0.2, 0.25) is 0 Å². The van der Waals surface area contributed by atoms with E-state index >= 15 is 0 Å². The zero-order valence-corrected chi connectivity index (χ0v) is 16.1. The van der Waals surface area contributed by atoms with Crippen LogP contribution < -0.4 is 15.5 Å². The lowest BCUT2D eigenvalue weighted by molar-refractivity contribution is 0.462. The van der Waals surface area contributed by atoms with Crippen molar-refractivity contribution in [2.75, 3.05) is 31.6 Å². The van der Waals surface area contributed by atoms with Crippen molar-refractivity contribution in [1.82, 2.24) is 10.6 Å². The summed E-state index contributed by atoms with van der Waals surface area (Å²) in [4.78, 5) is 6.79. The van der Waals surface area contributed by atoms with Crippen LogP contribution in [0.4, 0.5) is 5.00 Å². The molecule has 0 spiro atoms. The molecule has 0 atom stereocenters. The van der Waals surface area contributed by atoms with Gasteiger partial charge in [0, 0.05) is 32.7 Å². The lowest BCUT2D eigenvalue weighted by Gasteiger charge is -2.33. The normalized spacial score (nSPS) is 16.5. The van der Waals surface area contributed by atoms with E-state index in [2.05, 4.69) is 45.0 Å². The molecule has 1 fully saturated rings. The number of thiophene rings is 1. The summed E-state index contributed by atoms with van der Waals surface area (Å²) in [7, 11) is 1.85. The van der Waals surface area contributed by atoms with Crippen molar-refractivity contribution >= 4 is 46.3 Å². The second kappa shape index (κ2) is 10.3. The highest BCUT2D eigenvalue weighted by Gasteiger charge is 2.20. The van der Waals surface area contributed by atoms with Crippen molar-refractivity contribution in [3.05, 3.63) is 17.5 Å². The first-order valence-electron chi connectivity index (χ1n) is 7.59. The molecule has 0 aromatic carbocycles. The molecular weight excluding hydrogens is 395 g/mol. The van der Waals surface area contributed by atoms with Gasteiger partial charge in [0.1, 0.15) is 0 Å². The fourth-order valence-corrected chi connectivity index (χ4v) is 3.25. The van der Waals surface area contributed by atoms with E-state index < -0.39 is 0 Å². The number of piperidine rings is 1. The number of hydrogen-bond donors (Lipinski definition) is 2. The van der Waals surface area contributed by atoms with Gasteiger partial charge in [-0.15, -0.1) is 35.3 Å². The molecule has 0 unspecified atom stereocenters. The molecule has 4 nitrogen and oxygen atoms in total. The molecule has 1 aliphatic rings. The smallest absolute Gasteiger partial charge is 0.191 e. The lowest BCUT2D eigenvalue weighted by Crippen LogP contribution is -2.48. The second-order valence-electron chi connectivity index (χ2n) is 5.21. The topological polar surface area (TPSA) is 39.7 Å². The Morgan fingerprint density at radius 2 is 2.19 bits per heavy atom. The largest absolute Gasteiger partial charge is 0.363 e. The summed E-state index contributed by atoms with van der Waals surface area (Å²) in [6, 6.07) is 4.88. The van der Waals surface area contributed by atoms with Crippen LogP contribution in [-0.2, 0) is 0 Å². The third-order valence-electron chi connectivity index (χ3n) is 3.70. The molecule has 21 heavy (non-hydrogen) atoms. The quantitative estimate of drug-likeness (QED) is 0.331. The van der Waals surface area contributed by atoms with Crippen LogP contribution >= 0.6 is 35.3 Å². The van der Waals surface area contributed by atoms with Crippen LogP contribution in [0, 0.1) is 0 Å². The van der Waals surface area contributed by atoms with Gasteiger partial charge in [-0.2, -0.15) is 0 Å². The number of rotatable bonds is 5. The fourth-order valence-electron chi connectivity index (χ4n) is 2.47. The van der Waals surface area contributed by atoms with Crippen molar-refractivity contribution < 1.29 is 0 Å². The maximum atomic E-state index is 4.31. The molecule has 2 rings (SSSR count). The first kappa shape index (κ1) is 18.5. The van der Waals surface area contributed by atoms with Gasteiger partial charge in [0.25, 0.3) is 0 Å². The summed E-state index contributed by atoms with van der Waals surface area (Å²) in [6.45, 7) is 5.47. The maximum absolute atomic E-state index is 4.31. The zero-order chi connectivity index (χ0) is 14.2.